The largest absolute Gasteiger partial charge is 0.317 e. The highest BCUT2D eigenvalue weighted by Crippen LogP contribution is 2.45. The number of fused-ring (bicyclic) bond motifs is 2. The summed E-state index contributed by atoms with van der Waals surface area (Å²) in [5.41, 5.74) is 1.28. The highest BCUT2D eigenvalue weighted by Gasteiger charge is 2.31. The summed E-state index contributed by atoms with van der Waals surface area (Å²) in [6.45, 7) is 4.01. The van der Waals surface area contributed by atoms with E-state index in [-0.39, 0.29) is 0 Å². The normalized spacial score (nSPS) is 18.1. The molecule has 0 unspecified atom stereocenters. The van der Waals surface area contributed by atoms with Gasteiger partial charge in [0.25, 0.3) is 0 Å². The van der Waals surface area contributed by atoms with Crippen LogP contribution in [0.15, 0.2) is 28.1 Å². The minimum absolute atomic E-state index is 0.610. The van der Waals surface area contributed by atoms with Crippen molar-refractivity contribution in [1.29, 1.82) is 0 Å². The Labute approximate surface area is 135 Å². The molecule has 2 aliphatic heterocycles. The third-order valence-corrected chi connectivity index (χ3v) is 6.43. The Bertz CT molecular complexity index is 792. The number of thiophene rings is 1. The van der Waals surface area contributed by atoms with E-state index in [1.165, 1.54) is 20.2 Å². The lowest BCUT2D eigenvalue weighted by Gasteiger charge is -2.15. The lowest BCUT2D eigenvalue weighted by molar-refractivity contribution is 0.649. The Morgan fingerprint density at radius 2 is 2.15 bits per heavy atom. The summed E-state index contributed by atoms with van der Waals surface area (Å²) < 4.78 is 1.17. The van der Waals surface area contributed by atoms with Gasteiger partial charge in [0.1, 0.15) is 0 Å². The first-order valence-corrected chi connectivity index (χ1v) is 8.62. The van der Waals surface area contributed by atoms with Gasteiger partial charge in [0.2, 0.25) is 0 Å². The second-order valence-corrected chi connectivity index (χ2v) is 7.76. The van der Waals surface area contributed by atoms with Crippen LogP contribution in [-0.4, -0.2) is 23.2 Å². The van der Waals surface area contributed by atoms with Crippen molar-refractivity contribution in [3.05, 3.63) is 38.0 Å². The number of rotatable bonds is 1. The zero-order valence-corrected chi connectivity index (χ0v) is 13.8. The van der Waals surface area contributed by atoms with Gasteiger partial charge in [-0.05, 0) is 25.1 Å². The molecule has 0 radical (unpaired) electrons. The van der Waals surface area contributed by atoms with Crippen molar-refractivity contribution in [3.8, 4) is 0 Å². The molecule has 0 fully saturated rings. The van der Waals surface area contributed by atoms with Gasteiger partial charge >= 0.3 is 0 Å². The summed E-state index contributed by atoms with van der Waals surface area (Å²) in [7, 11) is 0. The van der Waals surface area contributed by atoms with E-state index in [2.05, 4.69) is 22.9 Å². The summed E-state index contributed by atoms with van der Waals surface area (Å²) in [5.74, 6) is 0. The average Bonchev–Trinajstić information content (AvgIpc) is 3.07. The van der Waals surface area contributed by atoms with Crippen LogP contribution < -0.4 is 0 Å². The molecule has 20 heavy (non-hydrogen) atoms. The Morgan fingerprint density at radius 1 is 1.30 bits per heavy atom. The summed E-state index contributed by atoms with van der Waals surface area (Å²) in [5, 5.41) is 3.41. The maximum absolute atomic E-state index is 6.31. The smallest absolute Gasteiger partial charge is 0.168 e. The number of hydrogen-bond donors (Lipinski definition) is 0. The molecule has 4 rings (SSSR count). The molecule has 0 amide bonds. The predicted octanol–water partition coefficient (Wildman–Crippen LogP) is 5.32. The number of allylic oxidation sites excluding steroid dienone is 1. The molecule has 0 saturated heterocycles. The van der Waals surface area contributed by atoms with Crippen molar-refractivity contribution in [2.75, 3.05) is 13.1 Å². The van der Waals surface area contributed by atoms with E-state index in [1.54, 1.807) is 23.1 Å². The van der Waals surface area contributed by atoms with Gasteiger partial charge in [0.15, 0.2) is 5.17 Å². The molecule has 2 aromatic rings. The first kappa shape index (κ1) is 13.0. The molecule has 0 spiro atoms. The number of benzene rings is 1. The lowest BCUT2D eigenvalue weighted by Crippen LogP contribution is -2.19. The third kappa shape index (κ3) is 1.82. The molecular formula is C14H10Cl2N2S2. The Balaban J connectivity index is 1.89. The number of amidine groups is 1. The van der Waals surface area contributed by atoms with E-state index in [9.17, 15) is 0 Å². The van der Waals surface area contributed by atoms with E-state index in [4.69, 9.17) is 23.2 Å². The molecule has 1 aromatic heterocycles. The van der Waals surface area contributed by atoms with Crippen LogP contribution in [0.2, 0.25) is 10.0 Å². The van der Waals surface area contributed by atoms with Crippen molar-refractivity contribution < 1.29 is 0 Å². The van der Waals surface area contributed by atoms with E-state index in [0.717, 1.165) is 23.6 Å². The van der Waals surface area contributed by atoms with Gasteiger partial charge in [-0.2, -0.15) is 0 Å². The van der Waals surface area contributed by atoms with Crippen LogP contribution in [-0.2, 0) is 0 Å². The zero-order valence-electron chi connectivity index (χ0n) is 10.6. The molecule has 0 aliphatic carbocycles. The first-order chi connectivity index (χ1) is 9.65. The molecule has 6 heteroatoms. The van der Waals surface area contributed by atoms with Gasteiger partial charge in [0, 0.05) is 21.5 Å². The van der Waals surface area contributed by atoms with Crippen LogP contribution in [0.5, 0.6) is 0 Å². The van der Waals surface area contributed by atoms with Gasteiger partial charge in [-0.1, -0.05) is 35.0 Å². The van der Waals surface area contributed by atoms with Crippen LogP contribution in [0.4, 0.5) is 0 Å². The molecule has 0 saturated carbocycles. The molecule has 3 heterocycles. The van der Waals surface area contributed by atoms with Crippen LogP contribution in [0.1, 0.15) is 11.8 Å². The Kier molecular flexibility index (Phi) is 3.04. The summed E-state index contributed by atoms with van der Waals surface area (Å²) in [4.78, 5) is 9.38. The molecule has 102 valence electrons. The van der Waals surface area contributed by atoms with Crippen molar-refractivity contribution in [1.82, 2.24) is 4.90 Å². The minimum atomic E-state index is 0.610. The fourth-order valence-electron chi connectivity index (χ4n) is 2.57. The number of hydrogen-bond acceptors (Lipinski definition) is 4. The predicted molar refractivity (Wildman–Crippen MR) is 91.0 cm³/mol. The van der Waals surface area contributed by atoms with Gasteiger partial charge < -0.3 is 4.90 Å². The average molecular weight is 341 g/mol. The molecule has 2 aliphatic rings. The van der Waals surface area contributed by atoms with Crippen molar-refractivity contribution in [2.24, 2.45) is 4.99 Å². The maximum atomic E-state index is 6.31. The minimum Gasteiger partial charge on any atom is -0.317 e. The van der Waals surface area contributed by atoms with Gasteiger partial charge in [-0.25, -0.2) is 0 Å². The highest BCUT2D eigenvalue weighted by atomic mass is 35.5. The second-order valence-electron chi connectivity index (χ2n) is 4.71. The van der Waals surface area contributed by atoms with Gasteiger partial charge in [-0.15, -0.1) is 11.3 Å². The van der Waals surface area contributed by atoms with Crippen LogP contribution in [0.3, 0.4) is 0 Å². The Hall–Kier alpha value is -0.680. The molecule has 2 nitrogen and oxygen atoms in total. The monoisotopic (exact) mass is 340 g/mol. The molecule has 0 bridgehead atoms. The van der Waals surface area contributed by atoms with E-state index < -0.39 is 0 Å². The van der Waals surface area contributed by atoms with E-state index in [1.807, 2.05) is 12.1 Å². The summed E-state index contributed by atoms with van der Waals surface area (Å²) in [6, 6.07) is 6.05. The molecule has 0 N–H and O–H groups in total. The molecular weight excluding hydrogens is 331 g/mol. The zero-order chi connectivity index (χ0) is 13.9. The summed E-state index contributed by atoms with van der Waals surface area (Å²) >= 11 is 15.9. The highest BCUT2D eigenvalue weighted by molar-refractivity contribution is 8.17. The molecule has 0 atom stereocenters. The van der Waals surface area contributed by atoms with E-state index in [0.29, 0.717) is 10.0 Å². The van der Waals surface area contributed by atoms with Crippen LogP contribution >= 0.6 is 46.3 Å². The standard InChI is InChI=1S/C14H10Cl2N2S2/c1-7-13(18-5-4-17-14(18)19-7)11-6-8-10(20-11)3-2-9(15)12(8)16/h2-3,6H,4-5H2,1H3. The van der Waals surface area contributed by atoms with Crippen molar-refractivity contribution in [3.63, 3.8) is 0 Å². The van der Waals surface area contributed by atoms with E-state index >= 15 is 0 Å². The maximum Gasteiger partial charge on any atom is 0.168 e. The van der Waals surface area contributed by atoms with Crippen molar-refractivity contribution >= 4 is 67.3 Å². The first-order valence-electron chi connectivity index (χ1n) is 6.24. The number of halogens is 2. The van der Waals surface area contributed by atoms with Crippen molar-refractivity contribution in [2.45, 2.75) is 6.92 Å². The quantitative estimate of drug-likeness (QED) is 0.698. The Morgan fingerprint density at radius 3 is 3.00 bits per heavy atom. The molecule has 1 aromatic carbocycles. The number of aliphatic imine (C=N–C) groups is 1. The second kappa shape index (κ2) is 4.67. The van der Waals surface area contributed by atoms with Crippen LogP contribution in [0.25, 0.3) is 15.8 Å². The van der Waals surface area contributed by atoms with Crippen LogP contribution in [0, 0.1) is 0 Å². The van der Waals surface area contributed by atoms with Gasteiger partial charge in [0.05, 0.1) is 27.2 Å². The van der Waals surface area contributed by atoms with Gasteiger partial charge in [-0.3, -0.25) is 4.99 Å². The number of thioether (sulfide) groups is 1. The topological polar surface area (TPSA) is 15.6 Å². The fourth-order valence-corrected chi connectivity index (χ4v) is 5.30. The lowest BCUT2D eigenvalue weighted by atomic mass is 10.2. The third-order valence-electron chi connectivity index (χ3n) is 3.47. The summed E-state index contributed by atoms with van der Waals surface area (Å²) in [6.07, 6.45) is 0. The fraction of sp³-hybridized carbons (Fsp3) is 0.214. The SMILES string of the molecule is CC1=C(c2cc3c(Cl)c(Cl)ccc3s2)N2CCN=C2S1. The number of nitrogens with zero attached hydrogens (tertiary/aromatic N) is 2.